The molecule has 7 heteroatoms. The van der Waals surface area contributed by atoms with Gasteiger partial charge in [-0.3, -0.25) is 0 Å². The highest BCUT2D eigenvalue weighted by Gasteiger charge is 2.15. The van der Waals surface area contributed by atoms with Gasteiger partial charge in [0.05, 0.1) is 4.90 Å². The first-order valence-electron chi connectivity index (χ1n) is 5.98. The molecule has 0 saturated heterocycles. The predicted octanol–water partition coefficient (Wildman–Crippen LogP) is 3.04. The van der Waals surface area contributed by atoms with E-state index in [0.29, 0.717) is 18.4 Å². The molecule has 0 atom stereocenters. The van der Waals surface area contributed by atoms with E-state index in [1.807, 2.05) is 0 Å². The van der Waals surface area contributed by atoms with Gasteiger partial charge in [-0.2, -0.15) is 0 Å². The van der Waals surface area contributed by atoms with E-state index in [0.717, 1.165) is 31.4 Å². The number of rotatable bonds is 8. The Balaban J connectivity index is 2.49. The monoisotopic (exact) mass is 311 g/mol. The summed E-state index contributed by atoms with van der Waals surface area (Å²) in [6, 6.07) is 2.50. The molecule has 0 amide bonds. The molecule has 19 heavy (non-hydrogen) atoms. The van der Waals surface area contributed by atoms with Crippen LogP contribution < -0.4 is 4.72 Å². The summed E-state index contributed by atoms with van der Waals surface area (Å²) in [5.41, 5.74) is 0. The van der Waals surface area contributed by atoms with E-state index in [9.17, 15) is 17.2 Å². The standard InChI is InChI=1S/C12H16ClF2NO2S/c13-7-3-1-2-4-8-16-19(17,18)10-5-6-11(14)12(15)9-10/h5-6,9,16H,1-4,7-8H2. The molecule has 0 spiro atoms. The lowest BCUT2D eigenvalue weighted by atomic mass is 10.2. The molecule has 0 aliphatic carbocycles. The van der Waals surface area contributed by atoms with Gasteiger partial charge in [0.1, 0.15) is 0 Å². The number of hydrogen-bond acceptors (Lipinski definition) is 2. The predicted molar refractivity (Wildman–Crippen MR) is 70.7 cm³/mol. The Morgan fingerprint density at radius 3 is 2.37 bits per heavy atom. The van der Waals surface area contributed by atoms with E-state index in [1.54, 1.807) is 0 Å². The molecule has 1 N–H and O–H groups in total. The zero-order valence-electron chi connectivity index (χ0n) is 10.3. The second-order valence-electron chi connectivity index (χ2n) is 4.08. The maximum Gasteiger partial charge on any atom is 0.240 e. The van der Waals surface area contributed by atoms with Gasteiger partial charge >= 0.3 is 0 Å². The molecule has 0 aromatic heterocycles. The van der Waals surface area contributed by atoms with Gasteiger partial charge in [-0.05, 0) is 31.0 Å². The fraction of sp³-hybridized carbons (Fsp3) is 0.500. The quantitative estimate of drug-likeness (QED) is 0.592. The van der Waals surface area contributed by atoms with Gasteiger partial charge in [-0.1, -0.05) is 12.8 Å². The lowest BCUT2D eigenvalue weighted by Crippen LogP contribution is -2.25. The van der Waals surface area contributed by atoms with Gasteiger partial charge in [0.25, 0.3) is 0 Å². The van der Waals surface area contributed by atoms with Gasteiger partial charge in [0, 0.05) is 12.4 Å². The minimum atomic E-state index is -3.78. The SMILES string of the molecule is O=S(=O)(NCCCCCCCl)c1ccc(F)c(F)c1. The summed E-state index contributed by atoms with van der Waals surface area (Å²) in [6.07, 6.45) is 3.39. The number of hydrogen-bond donors (Lipinski definition) is 1. The van der Waals surface area contributed by atoms with Crippen molar-refractivity contribution in [3.05, 3.63) is 29.8 Å². The van der Waals surface area contributed by atoms with Crippen molar-refractivity contribution in [3.63, 3.8) is 0 Å². The normalized spacial score (nSPS) is 11.7. The molecule has 1 aromatic rings. The molecule has 0 saturated carbocycles. The Kier molecular flexibility index (Phi) is 6.68. The van der Waals surface area contributed by atoms with Crippen molar-refractivity contribution in [2.75, 3.05) is 12.4 Å². The van der Waals surface area contributed by atoms with Crippen LogP contribution >= 0.6 is 11.6 Å². The Morgan fingerprint density at radius 1 is 1.05 bits per heavy atom. The van der Waals surface area contributed by atoms with Crippen LogP contribution in [-0.2, 0) is 10.0 Å². The summed E-state index contributed by atoms with van der Waals surface area (Å²) in [5.74, 6) is -1.65. The van der Waals surface area contributed by atoms with Crippen molar-refractivity contribution in [1.29, 1.82) is 0 Å². The highest BCUT2D eigenvalue weighted by atomic mass is 35.5. The number of halogens is 3. The first kappa shape index (κ1) is 16.3. The molecule has 0 heterocycles. The van der Waals surface area contributed by atoms with Crippen LogP contribution in [0.5, 0.6) is 0 Å². The van der Waals surface area contributed by atoms with E-state index in [2.05, 4.69) is 4.72 Å². The van der Waals surface area contributed by atoms with Crippen LogP contribution in [0.2, 0.25) is 0 Å². The van der Waals surface area contributed by atoms with E-state index in [1.165, 1.54) is 0 Å². The molecule has 108 valence electrons. The van der Waals surface area contributed by atoms with Gasteiger partial charge in [-0.25, -0.2) is 21.9 Å². The van der Waals surface area contributed by atoms with Crippen LogP contribution in [0.15, 0.2) is 23.1 Å². The fourth-order valence-corrected chi connectivity index (χ4v) is 2.78. The minimum absolute atomic E-state index is 0.267. The minimum Gasteiger partial charge on any atom is -0.211 e. The Labute approximate surface area is 117 Å². The molecule has 0 aliphatic rings. The zero-order valence-corrected chi connectivity index (χ0v) is 11.9. The van der Waals surface area contributed by atoms with E-state index < -0.39 is 21.7 Å². The highest BCUT2D eigenvalue weighted by Crippen LogP contribution is 2.13. The van der Waals surface area contributed by atoms with Crippen LogP contribution in [0.4, 0.5) is 8.78 Å². The molecule has 0 fully saturated rings. The first-order valence-corrected chi connectivity index (χ1v) is 8.00. The summed E-state index contributed by atoms with van der Waals surface area (Å²) < 4.78 is 51.5. The zero-order chi connectivity index (χ0) is 14.3. The third-order valence-electron chi connectivity index (χ3n) is 2.55. The molecule has 0 aliphatic heterocycles. The maximum absolute atomic E-state index is 13.0. The average molecular weight is 312 g/mol. The Bertz CT molecular complexity index is 508. The number of unbranched alkanes of at least 4 members (excludes halogenated alkanes) is 3. The van der Waals surface area contributed by atoms with E-state index in [-0.39, 0.29) is 11.4 Å². The summed E-state index contributed by atoms with van der Waals surface area (Å²) in [6.45, 7) is 0.267. The molecule has 1 aromatic carbocycles. The lowest BCUT2D eigenvalue weighted by molar-refractivity contribution is 0.504. The third-order valence-corrected chi connectivity index (χ3v) is 4.28. The lowest BCUT2D eigenvalue weighted by Gasteiger charge is -2.07. The van der Waals surface area contributed by atoms with Gasteiger partial charge in [0.2, 0.25) is 10.0 Å². The van der Waals surface area contributed by atoms with Crippen molar-refractivity contribution in [2.45, 2.75) is 30.6 Å². The Morgan fingerprint density at radius 2 is 1.74 bits per heavy atom. The van der Waals surface area contributed by atoms with Crippen molar-refractivity contribution in [2.24, 2.45) is 0 Å². The van der Waals surface area contributed by atoms with Crippen LogP contribution in [0.25, 0.3) is 0 Å². The highest BCUT2D eigenvalue weighted by molar-refractivity contribution is 7.89. The number of nitrogens with one attached hydrogen (secondary N) is 1. The maximum atomic E-state index is 13.0. The summed E-state index contributed by atoms with van der Waals surface area (Å²) >= 11 is 5.52. The van der Waals surface area contributed by atoms with E-state index >= 15 is 0 Å². The number of benzene rings is 1. The van der Waals surface area contributed by atoms with Crippen molar-refractivity contribution < 1.29 is 17.2 Å². The van der Waals surface area contributed by atoms with Crippen molar-refractivity contribution >= 4 is 21.6 Å². The van der Waals surface area contributed by atoms with Gasteiger partial charge in [0.15, 0.2) is 11.6 Å². The molecular weight excluding hydrogens is 296 g/mol. The summed E-state index contributed by atoms with van der Waals surface area (Å²) in [5, 5.41) is 0. The molecule has 3 nitrogen and oxygen atoms in total. The molecule has 0 unspecified atom stereocenters. The van der Waals surface area contributed by atoms with Gasteiger partial charge < -0.3 is 0 Å². The molecule has 0 radical (unpaired) electrons. The molecule has 0 bridgehead atoms. The van der Waals surface area contributed by atoms with Crippen LogP contribution in [0, 0.1) is 11.6 Å². The Hall–Kier alpha value is -0.720. The van der Waals surface area contributed by atoms with Gasteiger partial charge in [-0.15, -0.1) is 11.6 Å². The van der Waals surface area contributed by atoms with E-state index in [4.69, 9.17) is 11.6 Å². The smallest absolute Gasteiger partial charge is 0.211 e. The van der Waals surface area contributed by atoms with Crippen LogP contribution in [0.1, 0.15) is 25.7 Å². The number of alkyl halides is 1. The second kappa shape index (κ2) is 7.77. The van der Waals surface area contributed by atoms with Crippen molar-refractivity contribution in [3.8, 4) is 0 Å². The van der Waals surface area contributed by atoms with Crippen molar-refractivity contribution in [1.82, 2.24) is 4.72 Å². The molecule has 1 rings (SSSR count). The molecular formula is C12H16ClF2NO2S. The topological polar surface area (TPSA) is 46.2 Å². The first-order chi connectivity index (χ1) is 8.97. The second-order valence-corrected chi connectivity index (χ2v) is 6.22. The average Bonchev–Trinajstić information content (AvgIpc) is 2.36. The largest absolute Gasteiger partial charge is 0.240 e. The number of sulfonamides is 1. The van der Waals surface area contributed by atoms with Crippen LogP contribution in [-0.4, -0.2) is 20.8 Å². The fourth-order valence-electron chi connectivity index (χ4n) is 1.51. The summed E-state index contributed by atoms with van der Waals surface area (Å²) in [4.78, 5) is -0.271. The summed E-state index contributed by atoms with van der Waals surface area (Å²) in [7, 11) is -3.78. The van der Waals surface area contributed by atoms with Crippen LogP contribution in [0.3, 0.4) is 0 Å². The third kappa shape index (κ3) is 5.42.